The molecule has 0 spiro atoms. The smallest absolute Gasteiger partial charge is 0.303 e. The summed E-state index contributed by atoms with van der Waals surface area (Å²) < 4.78 is 0. The van der Waals surface area contributed by atoms with Gasteiger partial charge in [-0.2, -0.15) is 0 Å². The molecule has 0 saturated heterocycles. The molecule has 98 valence electrons. The Balaban J connectivity index is 2.58. The predicted molar refractivity (Wildman–Crippen MR) is 64.2 cm³/mol. The van der Waals surface area contributed by atoms with Gasteiger partial charge in [0.1, 0.15) is 0 Å². The molecule has 6 nitrogen and oxygen atoms in total. The van der Waals surface area contributed by atoms with Crippen LogP contribution in [0.25, 0.3) is 0 Å². The van der Waals surface area contributed by atoms with Crippen LogP contribution in [0.2, 0.25) is 0 Å². The van der Waals surface area contributed by atoms with E-state index in [9.17, 15) is 20.0 Å². The van der Waals surface area contributed by atoms with Crippen molar-refractivity contribution in [1.29, 1.82) is 0 Å². The summed E-state index contributed by atoms with van der Waals surface area (Å²) in [6, 6.07) is 6.03. The summed E-state index contributed by atoms with van der Waals surface area (Å²) in [5, 5.41) is 29.1. The Labute approximate surface area is 104 Å². The molecule has 0 fully saturated rings. The third-order valence-electron chi connectivity index (χ3n) is 2.61. The molecule has 1 rings (SSSR count). The molecule has 0 bridgehead atoms. The summed E-state index contributed by atoms with van der Waals surface area (Å²) in [7, 11) is 0. The Morgan fingerprint density at radius 1 is 1.33 bits per heavy atom. The number of carbonyl (C=O) groups is 1. The molecule has 18 heavy (non-hydrogen) atoms. The van der Waals surface area contributed by atoms with Crippen LogP contribution in [0.15, 0.2) is 24.3 Å². The highest BCUT2D eigenvalue weighted by molar-refractivity contribution is 5.66. The number of rotatable bonds is 7. The van der Waals surface area contributed by atoms with E-state index in [-0.39, 0.29) is 17.7 Å². The van der Waals surface area contributed by atoms with Crippen LogP contribution in [-0.2, 0) is 4.79 Å². The van der Waals surface area contributed by atoms with Gasteiger partial charge in [0.15, 0.2) is 0 Å². The zero-order valence-electron chi connectivity index (χ0n) is 9.78. The van der Waals surface area contributed by atoms with Crippen molar-refractivity contribution in [3.05, 3.63) is 39.9 Å². The second-order valence-electron chi connectivity index (χ2n) is 3.97. The lowest BCUT2D eigenvalue weighted by Gasteiger charge is -2.10. The molecule has 0 saturated carbocycles. The lowest BCUT2D eigenvalue weighted by atomic mass is 10.0. The number of benzene rings is 1. The number of carboxylic acid groups (broad SMARTS) is 1. The lowest BCUT2D eigenvalue weighted by Crippen LogP contribution is -2.03. The third-order valence-corrected chi connectivity index (χ3v) is 2.61. The number of aliphatic carboxylic acids is 1. The van der Waals surface area contributed by atoms with E-state index in [0.717, 1.165) is 0 Å². The van der Waals surface area contributed by atoms with Crippen LogP contribution < -0.4 is 0 Å². The molecule has 1 unspecified atom stereocenters. The number of nitro benzene ring substituents is 1. The largest absolute Gasteiger partial charge is 0.481 e. The van der Waals surface area contributed by atoms with Gasteiger partial charge >= 0.3 is 5.97 Å². The minimum Gasteiger partial charge on any atom is -0.481 e. The fraction of sp³-hybridized carbons (Fsp3) is 0.417. The number of hydrogen-bond acceptors (Lipinski definition) is 4. The van der Waals surface area contributed by atoms with Crippen LogP contribution >= 0.6 is 0 Å². The molecule has 1 aromatic carbocycles. The minimum absolute atomic E-state index is 0.0452. The number of aliphatic hydroxyl groups excluding tert-OH is 1. The maximum Gasteiger partial charge on any atom is 0.303 e. The molecule has 1 aromatic rings. The first-order valence-corrected chi connectivity index (χ1v) is 5.65. The first kappa shape index (κ1) is 14.1. The summed E-state index contributed by atoms with van der Waals surface area (Å²) >= 11 is 0. The van der Waals surface area contributed by atoms with E-state index in [2.05, 4.69) is 0 Å². The lowest BCUT2D eigenvalue weighted by molar-refractivity contribution is -0.386. The van der Waals surface area contributed by atoms with Crippen LogP contribution in [0.1, 0.15) is 37.4 Å². The summed E-state index contributed by atoms with van der Waals surface area (Å²) in [5.41, 5.74) is 0.168. The Morgan fingerprint density at radius 3 is 2.61 bits per heavy atom. The van der Waals surface area contributed by atoms with E-state index < -0.39 is 17.0 Å². The van der Waals surface area contributed by atoms with Crippen LogP contribution in [0.4, 0.5) is 5.69 Å². The van der Waals surface area contributed by atoms with E-state index in [1.165, 1.54) is 12.1 Å². The molecular formula is C12H15NO5. The highest BCUT2D eigenvalue weighted by Crippen LogP contribution is 2.28. The van der Waals surface area contributed by atoms with Gasteiger partial charge < -0.3 is 10.2 Å². The molecule has 0 heterocycles. The number of nitrogens with zero attached hydrogens (tertiary/aromatic N) is 1. The molecule has 2 N–H and O–H groups in total. The zero-order chi connectivity index (χ0) is 13.5. The first-order valence-electron chi connectivity index (χ1n) is 5.65. The van der Waals surface area contributed by atoms with Gasteiger partial charge in [0, 0.05) is 12.5 Å². The van der Waals surface area contributed by atoms with Gasteiger partial charge in [-0.3, -0.25) is 14.9 Å². The maximum absolute atomic E-state index is 10.8. The Bertz CT molecular complexity index is 432. The Kier molecular flexibility index (Phi) is 5.26. The molecule has 0 aromatic heterocycles. The average Bonchev–Trinajstić information content (AvgIpc) is 2.34. The molecular weight excluding hydrogens is 238 g/mol. The number of nitro groups is 1. The number of carboxylic acids is 1. The predicted octanol–water partition coefficient (Wildman–Crippen LogP) is 2.27. The third kappa shape index (κ3) is 4.14. The highest BCUT2D eigenvalue weighted by Gasteiger charge is 2.19. The van der Waals surface area contributed by atoms with Crippen LogP contribution in [0.5, 0.6) is 0 Å². The molecule has 1 atom stereocenters. The maximum atomic E-state index is 10.8. The molecule has 0 aliphatic heterocycles. The normalized spacial score (nSPS) is 12.1. The second kappa shape index (κ2) is 6.70. The van der Waals surface area contributed by atoms with E-state index in [1.807, 2.05) is 0 Å². The molecule has 0 amide bonds. The molecule has 0 aliphatic carbocycles. The quantitative estimate of drug-likeness (QED) is 0.441. The van der Waals surface area contributed by atoms with Crippen molar-refractivity contribution in [2.24, 2.45) is 0 Å². The topological polar surface area (TPSA) is 101 Å². The number of unbranched alkanes of at least 4 members (excludes halogenated alkanes) is 1. The average molecular weight is 253 g/mol. The van der Waals surface area contributed by atoms with Gasteiger partial charge in [-0.1, -0.05) is 12.1 Å². The van der Waals surface area contributed by atoms with Crippen molar-refractivity contribution < 1.29 is 19.9 Å². The van der Waals surface area contributed by atoms with E-state index in [4.69, 9.17) is 5.11 Å². The van der Waals surface area contributed by atoms with Gasteiger partial charge in [-0.25, -0.2) is 0 Å². The van der Waals surface area contributed by atoms with Crippen LogP contribution in [0.3, 0.4) is 0 Å². The summed E-state index contributed by atoms with van der Waals surface area (Å²) in [4.78, 5) is 20.5. The zero-order valence-corrected chi connectivity index (χ0v) is 9.78. The van der Waals surface area contributed by atoms with Crippen molar-refractivity contribution in [3.8, 4) is 0 Å². The van der Waals surface area contributed by atoms with Gasteiger partial charge in [0.05, 0.1) is 16.6 Å². The number of hydrogen-bond donors (Lipinski definition) is 2. The molecule has 6 heteroatoms. The fourth-order valence-electron chi connectivity index (χ4n) is 1.70. The Hall–Kier alpha value is -1.95. The minimum atomic E-state index is -0.930. The van der Waals surface area contributed by atoms with Crippen molar-refractivity contribution in [2.45, 2.75) is 31.8 Å². The molecule has 0 aliphatic rings. The van der Waals surface area contributed by atoms with Gasteiger partial charge in [0.2, 0.25) is 0 Å². The van der Waals surface area contributed by atoms with Crippen molar-refractivity contribution >= 4 is 11.7 Å². The SMILES string of the molecule is O=C(O)CCCCC(O)c1ccccc1[N+](=O)[O-]. The summed E-state index contributed by atoms with van der Waals surface area (Å²) in [5.74, 6) is -0.879. The summed E-state index contributed by atoms with van der Waals surface area (Å²) in [6.07, 6.45) is 0.397. The van der Waals surface area contributed by atoms with E-state index in [1.54, 1.807) is 12.1 Å². The monoisotopic (exact) mass is 253 g/mol. The highest BCUT2D eigenvalue weighted by atomic mass is 16.6. The van der Waals surface area contributed by atoms with Crippen molar-refractivity contribution in [1.82, 2.24) is 0 Å². The van der Waals surface area contributed by atoms with Gasteiger partial charge in [-0.15, -0.1) is 0 Å². The van der Waals surface area contributed by atoms with Gasteiger partial charge in [0.25, 0.3) is 5.69 Å². The second-order valence-corrected chi connectivity index (χ2v) is 3.97. The molecule has 0 radical (unpaired) electrons. The van der Waals surface area contributed by atoms with Crippen molar-refractivity contribution in [3.63, 3.8) is 0 Å². The van der Waals surface area contributed by atoms with Crippen LogP contribution in [0, 0.1) is 10.1 Å². The van der Waals surface area contributed by atoms with Gasteiger partial charge in [-0.05, 0) is 25.3 Å². The fourth-order valence-corrected chi connectivity index (χ4v) is 1.70. The van der Waals surface area contributed by atoms with Crippen LogP contribution in [-0.4, -0.2) is 21.1 Å². The first-order chi connectivity index (χ1) is 8.52. The van der Waals surface area contributed by atoms with E-state index >= 15 is 0 Å². The van der Waals surface area contributed by atoms with Crippen molar-refractivity contribution in [2.75, 3.05) is 0 Å². The summed E-state index contributed by atoms with van der Waals surface area (Å²) in [6.45, 7) is 0. The standard InChI is InChI=1S/C12H15NO5/c14-11(7-3-4-8-12(15)16)9-5-1-2-6-10(9)13(17)18/h1-2,5-6,11,14H,3-4,7-8H2,(H,15,16). The Morgan fingerprint density at radius 2 is 2.00 bits per heavy atom. The number of para-hydroxylation sites is 1. The number of aliphatic hydroxyl groups is 1. The van der Waals surface area contributed by atoms with E-state index in [0.29, 0.717) is 19.3 Å².